The molecule has 0 saturated carbocycles. The van der Waals surface area contributed by atoms with E-state index in [1.807, 2.05) is 49.5 Å². The number of anilines is 3. The molecule has 2 N–H and O–H groups in total. The Balaban J connectivity index is 2.00. The zero-order chi connectivity index (χ0) is 20.5. The zero-order valence-electron chi connectivity index (χ0n) is 16.9. The monoisotopic (exact) mass is 388 g/mol. The first-order chi connectivity index (χ1) is 14.2. The number of hydrogen-bond donors (Lipinski definition) is 2. The minimum Gasteiger partial charge on any atom is -0.385 e. The summed E-state index contributed by atoms with van der Waals surface area (Å²) in [6.45, 7) is 5.80. The molecule has 1 aliphatic heterocycles. The van der Waals surface area contributed by atoms with Crippen LogP contribution in [0.1, 0.15) is 35.3 Å². The number of carbonyl (C=O) groups is 1. The molecular weight excluding hydrogens is 360 g/mol. The van der Waals surface area contributed by atoms with E-state index in [4.69, 9.17) is 0 Å². The van der Waals surface area contributed by atoms with Gasteiger partial charge in [-0.25, -0.2) is 0 Å². The van der Waals surface area contributed by atoms with Crippen molar-refractivity contribution in [3.8, 4) is 0 Å². The normalized spacial score (nSPS) is 13.2. The summed E-state index contributed by atoms with van der Waals surface area (Å²) >= 11 is 0. The Hall–Kier alpha value is -3.34. The van der Waals surface area contributed by atoms with Gasteiger partial charge in [0.15, 0.2) is 0 Å². The van der Waals surface area contributed by atoms with Crippen LogP contribution >= 0.6 is 0 Å². The molecule has 0 spiro atoms. The molecule has 2 heterocycles. The number of carbonyl (C=O) groups excluding carboxylic acids is 1. The third kappa shape index (κ3) is 5.13. The first-order valence-electron chi connectivity index (χ1n) is 10.0. The van der Waals surface area contributed by atoms with Gasteiger partial charge >= 0.3 is 0 Å². The summed E-state index contributed by atoms with van der Waals surface area (Å²) in [4.78, 5) is 19.8. The topological polar surface area (TPSA) is 57.3 Å². The van der Waals surface area contributed by atoms with E-state index in [9.17, 15) is 4.79 Å². The summed E-state index contributed by atoms with van der Waals surface area (Å²) in [5, 5.41) is 6.33. The molecule has 1 aromatic heterocycles. The van der Waals surface area contributed by atoms with Crippen molar-refractivity contribution in [2.45, 2.75) is 19.3 Å². The Labute approximate surface area is 172 Å². The number of amides is 1. The second-order valence-corrected chi connectivity index (χ2v) is 6.87. The third-order valence-electron chi connectivity index (χ3n) is 4.93. The summed E-state index contributed by atoms with van der Waals surface area (Å²) in [6.07, 6.45) is 6.98. The molecule has 150 valence electrons. The summed E-state index contributed by atoms with van der Waals surface area (Å²) in [6, 6.07) is 16.9. The smallest absolute Gasteiger partial charge is 0.255 e. The van der Waals surface area contributed by atoms with Crippen LogP contribution in [0.5, 0.6) is 0 Å². The van der Waals surface area contributed by atoms with Crippen molar-refractivity contribution >= 4 is 29.0 Å². The Morgan fingerprint density at radius 1 is 1.03 bits per heavy atom. The molecule has 0 bridgehead atoms. The molecule has 1 aromatic carbocycles. The molecule has 0 unspecified atom stereocenters. The van der Waals surface area contributed by atoms with Crippen LogP contribution in [0.3, 0.4) is 0 Å². The summed E-state index contributed by atoms with van der Waals surface area (Å²) < 4.78 is 0. The maximum Gasteiger partial charge on any atom is 0.255 e. The fraction of sp³-hybridized carbons (Fsp3) is 0.250. The highest BCUT2D eigenvalue weighted by molar-refractivity contribution is 6.07. The Morgan fingerprint density at radius 3 is 2.24 bits per heavy atom. The maximum absolute atomic E-state index is 13.0. The third-order valence-corrected chi connectivity index (χ3v) is 4.93. The van der Waals surface area contributed by atoms with Gasteiger partial charge in [0.25, 0.3) is 5.91 Å². The summed E-state index contributed by atoms with van der Waals surface area (Å²) in [7, 11) is 1.88. The van der Waals surface area contributed by atoms with Gasteiger partial charge < -0.3 is 15.5 Å². The lowest BCUT2D eigenvalue weighted by Gasteiger charge is -2.32. The summed E-state index contributed by atoms with van der Waals surface area (Å²) in [5.74, 6) is -0.169. The number of nitrogens with one attached hydrogen (secondary N) is 2. The fourth-order valence-corrected chi connectivity index (χ4v) is 3.50. The lowest BCUT2D eigenvalue weighted by atomic mass is 10.1. The van der Waals surface area contributed by atoms with E-state index < -0.39 is 0 Å². The predicted molar refractivity (Wildman–Crippen MR) is 122 cm³/mol. The molecule has 1 amide bonds. The van der Waals surface area contributed by atoms with Gasteiger partial charge in [0.2, 0.25) is 0 Å². The average Bonchev–Trinajstić information content (AvgIpc) is 2.77. The number of rotatable bonds is 5. The molecule has 2 aromatic rings. The van der Waals surface area contributed by atoms with E-state index in [1.54, 1.807) is 24.4 Å². The molecule has 5 nitrogen and oxygen atoms in total. The Morgan fingerprint density at radius 2 is 1.66 bits per heavy atom. The molecule has 5 heteroatoms. The zero-order valence-corrected chi connectivity index (χ0v) is 16.9. The van der Waals surface area contributed by atoms with Crippen LogP contribution in [0, 0.1) is 0 Å². The first-order valence-corrected chi connectivity index (χ1v) is 10.0. The second kappa shape index (κ2) is 10.3. The lowest BCUT2D eigenvalue weighted by Crippen LogP contribution is -2.31. The van der Waals surface area contributed by atoms with E-state index in [2.05, 4.69) is 27.1 Å². The van der Waals surface area contributed by atoms with Gasteiger partial charge in [-0.3, -0.25) is 9.78 Å². The van der Waals surface area contributed by atoms with Crippen molar-refractivity contribution in [3.05, 3.63) is 78.6 Å². The predicted octanol–water partition coefficient (Wildman–Crippen LogP) is 5.13. The standard InChI is InChI=1S/C24H28N4O/c1-3-20-22(25-2)23(28-16-12-9-13-17-28)21(18-26-20)27-24(29)19-14-10-7-5-4-6-8-11-15-19/h3-8,10-11,14-15,18,25H,1,9,12-13,16-17H2,2H3,(H,27,29). The molecule has 3 rings (SSSR count). The molecule has 1 aliphatic rings. The SMILES string of the molecule is C=Cc1ncc(NC(=O)c2ccccccccc2)c(N2CCCCC2)c1NC. The van der Waals surface area contributed by atoms with E-state index in [1.165, 1.54) is 6.42 Å². The number of hydrogen-bond acceptors (Lipinski definition) is 4. The average molecular weight is 389 g/mol. The molecule has 29 heavy (non-hydrogen) atoms. The van der Waals surface area contributed by atoms with Crippen molar-refractivity contribution in [2.24, 2.45) is 0 Å². The largest absolute Gasteiger partial charge is 0.385 e. The fourth-order valence-electron chi connectivity index (χ4n) is 3.50. The van der Waals surface area contributed by atoms with Crippen molar-refractivity contribution in [1.29, 1.82) is 0 Å². The van der Waals surface area contributed by atoms with Gasteiger partial charge in [-0.1, -0.05) is 49.0 Å². The van der Waals surface area contributed by atoms with E-state index in [-0.39, 0.29) is 5.91 Å². The number of nitrogens with zero attached hydrogens (tertiary/aromatic N) is 2. The first kappa shape index (κ1) is 20.4. The minimum absolute atomic E-state index is 0.169. The summed E-state index contributed by atoms with van der Waals surface area (Å²) in [5.41, 5.74) is 3.93. The van der Waals surface area contributed by atoms with Crippen LogP contribution < -0.4 is 15.5 Å². The van der Waals surface area contributed by atoms with Crippen molar-refractivity contribution in [2.75, 3.05) is 35.7 Å². The van der Waals surface area contributed by atoms with Crippen LogP contribution in [0.2, 0.25) is 0 Å². The van der Waals surface area contributed by atoms with Crippen LogP contribution in [0.25, 0.3) is 6.08 Å². The van der Waals surface area contributed by atoms with Crippen LogP contribution in [0.4, 0.5) is 17.1 Å². The van der Waals surface area contributed by atoms with Crippen LogP contribution in [0.15, 0.2) is 67.4 Å². The van der Waals surface area contributed by atoms with Crippen LogP contribution in [-0.4, -0.2) is 31.0 Å². The van der Waals surface area contributed by atoms with E-state index in [0.717, 1.165) is 43.0 Å². The van der Waals surface area contributed by atoms with E-state index in [0.29, 0.717) is 11.3 Å². The van der Waals surface area contributed by atoms with Gasteiger partial charge in [-0.2, -0.15) is 0 Å². The van der Waals surface area contributed by atoms with Gasteiger partial charge in [0.05, 0.1) is 29.0 Å². The molecule has 0 atom stereocenters. The number of aromatic nitrogens is 1. The highest BCUT2D eigenvalue weighted by Crippen LogP contribution is 2.38. The highest BCUT2D eigenvalue weighted by Gasteiger charge is 2.22. The molecule has 1 saturated heterocycles. The van der Waals surface area contributed by atoms with Crippen molar-refractivity contribution in [3.63, 3.8) is 0 Å². The van der Waals surface area contributed by atoms with Gasteiger partial charge in [-0.15, -0.1) is 0 Å². The highest BCUT2D eigenvalue weighted by atomic mass is 16.1. The molecule has 0 aliphatic carbocycles. The second-order valence-electron chi connectivity index (χ2n) is 6.87. The Kier molecular flexibility index (Phi) is 7.22. The number of piperidine rings is 1. The quantitative estimate of drug-likeness (QED) is 0.745. The molecule has 1 fully saturated rings. The maximum atomic E-state index is 13.0. The minimum atomic E-state index is -0.169. The lowest BCUT2D eigenvalue weighted by molar-refractivity contribution is 0.102. The van der Waals surface area contributed by atoms with Gasteiger partial charge in [0.1, 0.15) is 0 Å². The van der Waals surface area contributed by atoms with Gasteiger partial charge in [0, 0.05) is 25.7 Å². The van der Waals surface area contributed by atoms with Gasteiger partial charge in [-0.05, 0) is 37.5 Å². The Bertz CT molecular complexity index is 893. The van der Waals surface area contributed by atoms with E-state index >= 15 is 0 Å². The van der Waals surface area contributed by atoms with Crippen molar-refractivity contribution < 1.29 is 4.79 Å². The molecular formula is C24H28N4O. The van der Waals surface area contributed by atoms with Crippen molar-refractivity contribution in [1.82, 2.24) is 4.98 Å². The number of pyridine rings is 1. The molecule has 0 radical (unpaired) electrons. The van der Waals surface area contributed by atoms with Crippen LogP contribution in [-0.2, 0) is 0 Å².